The van der Waals surface area contributed by atoms with Crippen LogP contribution in [0.1, 0.15) is 36.0 Å². The summed E-state index contributed by atoms with van der Waals surface area (Å²) in [6.07, 6.45) is 2.52. The van der Waals surface area contributed by atoms with Crippen molar-refractivity contribution in [3.05, 3.63) is 47.0 Å². The van der Waals surface area contributed by atoms with E-state index in [1.54, 1.807) is 6.07 Å². The van der Waals surface area contributed by atoms with E-state index in [0.717, 1.165) is 37.1 Å². The number of rotatable bonds is 4. The van der Waals surface area contributed by atoms with Crippen molar-refractivity contribution in [1.29, 1.82) is 0 Å². The van der Waals surface area contributed by atoms with Crippen LogP contribution >= 0.6 is 0 Å². The van der Waals surface area contributed by atoms with Crippen molar-refractivity contribution >= 4 is 5.91 Å². The molecule has 0 bridgehead atoms. The summed E-state index contributed by atoms with van der Waals surface area (Å²) in [4.78, 5) is 12.2. The predicted octanol–water partition coefficient (Wildman–Crippen LogP) is 1.92. The smallest absolute Gasteiger partial charge is 0.224 e. The van der Waals surface area contributed by atoms with E-state index in [1.807, 2.05) is 4.57 Å². The monoisotopic (exact) mass is 318 g/mol. The van der Waals surface area contributed by atoms with Gasteiger partial charge < -0.3 is 9.88 Å². The number of carbonyl (C=O) groups is 1. The van der Waals surface area contributed by atoms with Crippen LogP contribution in [-0.2, 0) is 24.3 Å². The number of aryl methyl sites for hydroxylation is 1. The summed E-state index contributed by atoms with van der Waals surface area (Å²) in [6, 6.07) is 4.10. The normalized spacial score (nSPS) is 22.0. The topological polar surface area (TPSA) is 59.8 Å². The summed E-state index contributed by atoms with van der Waals surface area (Å²) in [5, 5.41) is 11.0. The average Bonchev–Trinajstić information content (AvgIpc) is 3.02. The summed E-state index contributed by atoms with van der Waals surface area (Å²) in [7, 11) is 0. The lowest BCUT2D eigenvalue weighted by Crippen LogP contribution is -2.26. The molecular weight excluding hydrogens is 302 g/mol. The van der Waals surface area contributed by atoms with Gasteiger partial charge in [0.05, 0.1) is 6.54 Å². The highest BCUT2D eigenvalue weighted by atomic mass is 19.2. The Hall–Kier alpha value is -2.31. The van der Waals surface area contributed by atoms with Crippen molar-refractivity contribution in [2.45, 2.75) is 38.3 Å². The Morgan fingerprint density at radius 2 is 2.22 bits per heavy atom. The van der Waals surface area contributed by atoms with Crippen molar-refractivity contribution in [2.75, 3.05) is 0 Å². The fraction of sp³-hybridized carbons (Fsp3) is 0.438. The minimum absolute atomic E-state index is 0.144. The van der Waals surface area contributed by atoms with E-state index in [1.165, 1.54) is 6.07 Å². The minimum atomic E-state index is -0.868. The largest absolute Gasteiger partial charge is 0.349 e. The molecule has 0 radical (unpaired) electrons. The highest BCUT2D eigenvalue weighted by molar-refractivity contribution is 5.82. The number of nitrogens with zero attached hydrogens (tertiary/aromatic N) is 3. The number of halogens is 2. The van der Waals surface area contributed by atoms with Crippen LogP contribution in [0.3, 0.4) is 0 Å². The van der Waals surface area contributed by atoms with Crippen molar-refractivity contribution in [2.24, 2.45) is 5.92 Å². The Bertz CT molecular complexity index is 773. The van der Waals surface area contributed by atoms with Crippen LogP contribution in [0.5, 0.6) is 0 Å². The molecule has 1 aromatic carbocycles. The number of benzene rings is 1. The summed E-state index contributed by atoms with van der Waals surface area (Å²) in [6.45, 7) is 1.20. The molecule has 1 saturated carbocycles. The molecule has 2 aliphatic rings. The number of amides is 1. The Morgan fingerprint density at radius 3 is 3.09 bits per heavy atom. The molecule has 1 aliphatic heterocycles. The predicted molar refractivity (Wildman–Crippen MR) is 77.4 cm³/mol. The summed E-state index contributed by atoms with van der Waals surface area (Å²) in [5.74, 6) is -0.688. The van der Waals surface area contributed by atoms with Gasteiger partial charge in [0.1, 0.15) is 5.82 Å². The lowest BCUT2D eigenvalue weighted by atomic mass is 10.1. The fourth-order valence-corrected chi connectivity index (χ4v) is 3.27. The lowest BCUT2D eigenvalue weighted by Gasteiger charge is -2.06. The average molecular weight is 318 g/mol. The number of carbonyl (C=O) groups excluding carboxylic acids is 1. The summed E-state index contributed by atoms with van der Waals surface area (Å²) < 4.78 is 29.0. The first-order valence-corrected chi connectivity index (χ1v) is 7.77. The Labute approximate surface area is 131 Å². The van der Waals surface area contributed by atoms with Gasteiger partial charge in [0.25, 0.3) is 0 Å². The molecule has 23 heavy (non-hydrogen) atoms. The number of hydrogen-bond acceptors (Lipinski definition) is 3. The quantitative estimate of drug-likeness (QED) is 0.937. The Balaban J connectivity index is 1.38. The molecule has 0 spiro atoms. The number of aromatic nitrogens is 3. The number of hydrogen-bond donors (Lipinski definition) is 1. The maximum Gasteiger partial charge on any atom is 0.224 e. The van der Waals surface area contributed by atoms with Gasteiger partial charge in [-0.2, -0.15) is 0 Å². The third-order valence-corrected chi connectivity index (χ3v) is 4.61. The van der Waals surface area contributed by atoms with Crippen molar-refractivity contribution in [1.82, 2.24) is 20.1 Å². The van der Waals surface area contributed by atoms with Crippen molar-refractivity contribution < 1.29 is 13.6 Å². The van der Waals surface area contributed by atoms with Crippen LogP contribution < -0.4 is 5.32 Å². The van der Waals surface area contributed by atoms with Crippen LogP contribution in [0, 0.1) is 17.6 Å². The second-order valence-electron chi connectivity index (χ2n) is 6.10. The minimum Gasteiger partial charge on any atom is -0.349 e. The lowest BCUT2D eigenvalue weighted by molar-refractivity contribution is -0.122. The molecule has 1 aliphatic carbocycles. The summed E-state index contributed by atoms with van der Waals surface area (Å²) in [5.41, 5.74) is 0.286. The van der Waals surface area contributed by atoms with Gasteiger partial charge >= 0.3 is 0 Å². The molecule has 1 fully saturated rings. The van der Waals surface area contributed by atoms with Gasteiger partial charge in [-0.05, 0) is 30.4 Å². The molecule has 7 heteroatoms. The first-order chi connectivity index (χ1) is 11.1. The van der Waals surface area contributed by atoms with E-state index in [9.17, 15) is 13.6 Å². The molecule has 0 unspecified atom stereocenters. The maximum atomic E-state index is 13.8. The third kappa shape index (κ3) is 2.50. The highest BCUT2D eigenvalue weighted by Gasteiger charge is 2.45. The molecule has 2 heterocycles. The number of fused-ring (bicyclic) bond motifs is 1. The molecule has 120 valence electrons. The Kier molecular flexibility index (Phi) is 3.36. The standard InChI is InChI=1S/C16H16F2N4O/c17-12-4-1-3-9(15(12)18)10-7-11(10)16(23)19-8-14-21-20-13-5-2-6-22(13)14/h1,3-4,10-11H,2,5-8H2,(H,19,23)/t10-,11-/m0/s1. The molecule has 1 N–H and O–H groups in total. The van der Waals surface area contributed by atoms with Gasteiger partial charge in [-0.25, -0.2) is 8.78 Å². The zero-order chi connectivity index (χ0) is 16.0. The van der Waals surface area contributed by atoms with Crippen LogP contribution in [0.25, 0.3) is 0 Å². The third-order valence-electron chi connectivity index (χ3n) is 4.61. The second-order valence-corrected chi connectivity index (χ2v) is 6.10. The second kappa shape index (κ2) is 5.40. The Morgan fingerprint density at radius 1 is 1.35 bits per heavy atom. The van der Waals surface area contributed by atoms with Gasteiger partial charge in [-0.1, -0.05) is 12.1 Å². The van der Waals surface area contributed by atoms with Gasteiger partial charge in [-0.3, -0.25) is 4.79 Å². The molecule has 2 aromatic rings. The van der Waals surface area contributed by atoms with E-state index in [4.69, 9.17) is 0 Å². The maximum absolute atomic E-state index is 13.8. The van der Waals surface area contributed by atoms with E-state index >= 15 is 0 Å². The molecular formula is C16H16F2N4O. The van der Waals surface area contributed by atoms with Gasteiger partial charge in [0.15, 0.2) is 17.5 Å². The van der Waals surface area contributed by atoms with E-state index in [-0.39, 0.29) is 23.3 Å². The van der Waals surface area contributed by atoms with E-state index < -0.39 is 11.6 Å². The van der Waals surface area contributed by atoms with Gasteiger partial charge in [-0.15, -0.1) is 10.2 Å². The van der Waals surface area contributed by atoms with Crippen LogP contribution in [-0.4, -0.2) is 20.7 Å². The van der Waals surface area contributed by atoms with Crippen LogP contribution in [0.2, 0.25) is 0 Å². The van der Waals surface area contributed by atoms with Crippen LogP contribution in [0.4, 0.5) is 8.78 Å². The molecule has 1 aromatic heterocycles. The number of nitrogens with one attached hydrogen (secondary N) is 1. The highest BCUT2D eigenvalue weighted by Crippen LogP contribution is 2.48. The SMILES string of the molecule is O=C(NCc1nnc2n1CCC2)[C@H]1C[C@H]1c1cccc(F)c1F. The van der Waals surface area contributed by atoms with Crippen molar-refractivity contribution in [3.8, 4) is 0 Å². The zero-order valence-electron chi connectivity index (χ0n) is 12.4. The van der Waals surface area contributed by atoms with Crippen molar-refractivity contribution in [3.63, 3.8) is 0 Å². The van der Waals surface area contributed by atoms with Gasteiger partial charge in [0, 0.05) is 18.9 Å². The van der Waals surface area contributed by atoms with E-state index in [2.05, 4.69) is 15.5 Å². The van der Waals surface area contributed by atoms with Gasteiger partial charge in [0.2, 0.25) is 5.91 Å². The zero-order valence-corrected chi connectivity index (χ0v) is 12.4. The first kappa shape index (κ1) is 14.3. The first-order valence-electron chi connectivity index (χ1n) is 7.77. The summed E-state index contributed by atoms with van der Waals surface area (Å²) >= 11 is 0. The van der Waals surface area contributed by atoms with E-state index in [0.29, 0.717) is 13.0 Å². The molecule has 1 amide bonds. The van der Waals surface area contributed by atoms with Crippen LogP contribution in [0.15, 0.2) is 18.2 Å². The molecule has 4 rings (SSSR count). The molecule has 5 nitrogen and oxygen atoms in total. The molecule has 2 atom stereocenters. The molecule has 0 saturated heterocycles. The fourth-order valence-electron chi connectivity index (χ4n) is 3.27.